The third-order valence-corrected chi connectivity index (χ3v) is 4.96. The van der Waals surface area contributed by atoms with Crippen molar-refractivity contribution in [1.82, 2.24) is 0 Å². The molecule has 2 bridgehead atoms. The first-order valence-electron chi connectivity index (χ1n) is 6.93. The SMILES string of the molecule is O=C(CCc1ccccc1)C12CC(CC1CO)C2. The number of ketones is 1. The predicted molar refractivity (Wildman–Crippen MR) is 70.1 cm³/mol. The van der Waals surface area contributed by atoms with Gasteiger partial charge in [-0.05, 0) is 43.1 Å². The smallest absolute Gasteiger partial charge is 0.139 e. The zero-order valence-electron chi connectivity index (χ0n) is 10.6. The highest BCUT2D eigenvalue weighted by Crippen LogP contribution is 2.62. The molecule has 0 spiro atoms. The zero-order valence-corrected chi connectivity index (χ0v) is 10.6. The number of rotatable bonds is 5. The summed E-state index contributed by atoms with van der Waals surface area (Å²) in [6, 6.07) is 10.2. The van der Waals surface area contributed by atoms with Gasteiger partial charge in [0.05, 0.1) is 0 Å². The number of hydrogen-bond acceptors (Lipinski definition) is 2. The van der Waals surface area contributed by atoms with Crippen molar-refractivity contribution in [3.63, 3.8) is 0 Å². The Labute approximate surface area is 108 Å². The number of carbonyl (C=O) groups is 1. The van der Waals surface area contributed by atoms with Crippen molar-refractivity contribution in [2.24, 2.45) is 17.3 Å². The number of aryl methyl sites for hydroxylation is 1. The standard InChI is InChI=1S/C16H20O2/c17-11-14-8-13-9-16(14,10-13)15(18)7-6-12-4-2-1-3-5-12/h1-5,13-14,17H,6-11H2. The van der Waals surface area contributed by atoms with E-state index < -0.39 is 0 Å². The Morgan fingerprint density at radius 3 is 2.67 bits per heavy atom. The summed E-state index contributed by atoms with van der Waals surface area (Å²) in [5.41, 5.74) is 1.09. The maximum Gasteiger partial charge on any atom is 0.139 e. The van der Waals surface area contributed by atoms with Crippen molar-refractivity contribution < 1.29 is 9.90 Å². The number of fused-ring (bicyclic) bond motifs is 1. The molecule has 2 heteroatoms. The van der Waals surface area contributed by atoms with E-state index in [0.717, 1.165) is 25.7 Å². The summed E-state index contributed by atoms with van der Waals surface area (Å²) in [5, 5.41) is 9.41. The summed E-state index contributed by atoms with van der Waals surface area (Å²) in [4.78, 5) is 12.4. The van der Waals surface area contributed by atoms with E-state index in [-0.39, 0.29) is 17.9 Å². The second-order valence-electron chi connectivity index (χ2n) is 5.95. The molecule has 2 nitrogen and oxygen atoms in total. The molecule has 4 rings (SSSR count). The second-order valence-corrected chi connectivity index (χ2v) is 5.95. The summed E-state index contributed by atoms with van der Waals surface area (Å²) in [5.74, 6) is 1.34. The van der Waals surface area contributed by atoms with E-state index in [1.165, 1.54) is 5.56 Å². The molecule has 3 fully saturated rings. The Hall–Kier alpha value is -1.15. The minimum atomic E-state index is -0.145. The summed E-state index contributed by atoms with van der Waals surface area (Å²) in [6.45, 7) is 0.188. The number of carbonyl (C=O) groups excluding carboxylic acids is 1. The molecule has 0 aromatic heterocycles. The van der Waals surface area contributed by atoms with Crippen molar-refractivity contribution in [1.29, 1.82) is 0 Å². The van der Waals surface area contributed by atoms with Gasteiger partial charge in [0.1, 0.15) is 5.78 Å². The van der Waals surface area contributed by atoms with Gasteiger partial charge in [-0.25, -0.2) is 0 Å². The molecule has 3 saturated carbocycles. The molecule has 1 atom stereocenters. The van der Waals surface area contributed by atoms with Crippen molar-refractivity contribution >= 4 is 5.78 Å². The maximum atomic E-state index is 12.4. The molecule has 1 unspecified atom stereocenters. The lowest BCUT2D eigenvalue weighted by atomic mass is 9.63. The van der Waals surface area contributed by atoms with Crippen LogP contribution in [0.5, 0.6) is 0 Å². The summed E-state index contributed by atoms with van der Waals surface area (Å²) in [7, 11) is 0. The molecular formula is C16H20O2. The van der Waals surface area contributed by atoms with Crippen LogP contribution in [0.3, 0.4) is 0 Å². The molecule has 1 aromatic rings. The summed E-state index contributed by atoms with van der Waals surface area (Å²) < 4.78 is 0. The quantitative estimate of drug-likeness (QED) is 0.864. The van der Waals surface area contributed by atoms with E-state index in [0.29, 0.717) is 18.1 Å². The lowest BCUT2D eigenvalue weighted by Gasteiger charge is -2.39. The van der Waals surface area contributed by atoms with Gasteiger partial charge in [0.15, 0.2) is 0 Å². The van der Waals surface area contributed by atoms with Gasteiger partial charge in [-0.15, -0.1) is 0 Å². The molecule has 0 aliphatic heterocycles. The third kappa shape index (κ3) is 1.79. The third-order valence-electron chi connectivity index (χ3n) is 4.96. The van der Waals surface area contributed by atoms with Crippen LogP contribution in [0.25, 0.3) is 0 Å². The molecule has 0 saturated heterocycles. The van der Waals surface area contributed by atoms with Gasteiger partial charge in [0.2, 0.25) is 0 Å². The topological polar surface area (TPSA) is 37.3 Å². The van der Waals surface area contributed by atoms with Crippen LogP contribution in [0.4, 0.5) is 0 Å². The van der Waals surface area contributed by atoms with Crippen molar-refractivity contribution in [3.05, 3.63) is 35.9 Å². The molecule has 1 N–H and O–H groups in total. The van der Waals surface area contributed by atoms with Crippen LogP contribution in [-0.2, 0) is 11.2 Å². The first kappa shape index (κ1) is 11.9. The van der Waals surface area contributed by atoms with E-state index in [2.05, 4.69) is 12.1 Å². The van der Waals surface area contributed by atoms with Crippen LogP contribution in [0.2, 0.25) is 0 Å². The fourth-order valence-electron chi connectivity index (χ4n) is 3.95. The van der Waals surface area contributed by atoms with E-state index in [1.807, 2.05) is 18.2 Å². The molecule has 96 valence electrons. The zero-order chi connectivity index (χ0) is 12.6. The van der Waals surface area contributed by atoms with Crippen LogP contribution in [0.1, 0.15) is 31.2 Å². The van der Waals surface area contributed by atoms with E-state index in [9.17, 15) is 9.90 Å². The summed E-state index contributed by atoms with van der Waals surface area (Å²) in [6.07, 6.45) is 4.60. The second kappa shape index (κ2) is 4.51. The molecule has 3 aliphatic rings. The van der Waals surface area contributed by atoms with Gasteiger partial charge < -0.3 is 5.11 Å². The number of hydrogen-bond donors (Lipinski definition) is 1. The van der Waals surface area contributed by atoms with Crippen LogP contribution < -0.4 is 0 Å². The number of benzene rings is 1. The first-order valence-corrected chi connectivity index (χ1v) is 6.93. The lowest BCUT2D eigenvalue weighted by molar-refractivity contribution is -0.135. The monoisotopic (exact) mass is 244 g/mol. The minimum absolute atomic E-state index is 0.145. The van der Waals surface area contributed by atoms with Gasteiger partial charge in [0, 0.05) is 18.4 Å². The fourth-order valence-corrected chi connectivity index (χ4v) is 3.95. The maximum absolute atomic E-state index is 12.4. The largest absolute Gasteiger partial charge is 0.396 e. The predicted octanol–water partition coefficient (Wildman–Crippen LogP) is 2.60. The Morgan fingerprint density at radius 1 is 1.28 bits per heavy atom. The Balaban J connectivity index is 1.62. The first-order chi connectivity index (χ1) is 8.74. The van der Waals surface area contributed by atoms with Crippen molar-refractivity contribution in [3.8, 4) is 0 Å². The highest BCUT2D eigenvalue weighted by atomic mass is 16.3. The molecule has 18 heavy (non-hydrogen) atoms. The van der Waals surface area contributed by atoms with E-state index in [1.54, 1.807) is 0 Å². The molecule has 3 aliphatic carbocycles. The van der Waals surface area contributed by atoms with Crippen LogP contribution in [-0.4, -0.2) is 17.5 Å². The van der Waals surface area contributed by atoms with Crippen LogP contribution in [0, 0.1) is 17.3 Å². The van der Waals surface area contributed by atoms with Crippen LogP contribution in [0.15, 0.2) is 30.3 Å². The van der Waals surface area contributed by atoms with Gasteiger partial charge in [-0.2, -0.15) is 0 Å². The highest BCUT2D eigenvalue weighted by molar-refractivity contribution is 5.87. The normalized spacial score (nSPS) is 33.2. The molecule has 1 aromatic carbocycles. The number of aliphatic hydroxyl groups is 1. The van der Waals surface area contributed by atoms with Crippen LogP contribution >= 0.6 is 0 Å². The number of Topliss-reactive ketones (excluding diaryl/α,β-unsaturated/α-hetero) is 1. The Bertz CT molecular complexity index is 432. The van der Waals surface area contributed by atoms with Gasteiger partial charge in [-0.3, -0.25) is 4.79 Å². The highest BCUT2D eigenvalue weighted by Gasteiger charge is 2.60. The molecular weight excluding hydrogens is 224 g/mol. The average Bonchev–Trinajstić information content (AvgIpc) is 2.92. The summed E-state index contributed by atoms with van der Waals surface area (Å²) >= 11 is 0. The van der Waals surface area contributed by atoms with Crippen molar-refractivity contribution in [2.45, 2.75) is 32.1 Å². The van der Waals surface area contributed by atoms with E-state index in [4.69, 9.17) is 0 Å². The Morgan fingerprint density at radius 2 is 2.00 bits per heavy atom. The lowest BCUT2D eigenvalue weighted by Crippen LogP contribution is -2.41. The van der Waals surface area contributed by atoms with Gasteiger partial charge in [0.25, 0.3) is 0 Å². The average molecular weight is 244 g/mol. The van der Waals surface area contributed by atoms with E-state index >= 15 is 0 Å². The Kier molecular flexibility index (Phi) is 2.98. The molecule has 0 heterocycles. The van der Waals surface area contributed by atoms with Gasteiger partial charge >= 0.3 is 0 Å². The van der Waals surface area contributed by atoms with Gasteiger partial charge in [-0.1, -0.05) is 30.3 Å². The molecule has 0 radical (unpaired) electrons. The minimum Gasteiger partial charge on any atom is -0.396 e. The number of aliphatic hydroxyl groups excluding tert-OH is 1. The fraction of sp³-hybridized carbons (Fsp3) is 0.562. The van der Waals surface area contributed by atoms with Crippen molar-refractivity contribution in [2.75, 3.05) is 6.61 Å². The molecule has 0 amide bonds.